The Morgan fingerprint density at radius 1 is 1.20 bits per heavy atom. The van der Waals surface area contributed by atoms with Crippen LogP contribution in [-0.4, -0.2) is 26.7 Å². The molecule has 0 aliphatic rings. The first-order valence-electron chi connectivity index (χ1n) is 9.41. The molecule has 0 aliphatic heterocycles. The van der Waals surface area contributed by atoms with Crippen molar-refractivity contribution in [2.75, 3.05) is 10.6 Å². The zero-order valence-electron chi connectivity index (χ0n) is 17.3. The lowest BCUT2D eigenvalue weighted by atomic mass is 9.87. The molecule has 0 fully saturated rings. The molecule has 8 heteroatoms. The summed E-state index contributed by atoms with van der Waals surface area (Å²) in [5.74, 6) is 1.07. The standard InChI is InChI=1S/C22H25N7O/c1-15(24-12-5-11-23)26-20-14-18(27-19-10-13-25-29(19)20)28-21(30)16-6-8-17(9-7-16)22(2,3)4/h5-14,26H,1,23H2,2-4H3,(H,27,28,30)/b11-5-,24-12-. The Morgan fingerprint density at radius 3 is 2.60 bits per heavy atom. The maximum Gasteiger partial charge on any atom is 0.256 e. The van der Waals surface area contributed by atoms with E-state index in [0.29, 0.717) is 28.7 Å². The molecule has 1 aromatic carbocycles. The molecular weight excluding hydrogens is 378 g/mol. The molecule has 0 radical (unpaired) electrons. The average Bonchev–Trinajstić information content (AvgIpc) is 3.16. The van der Waals surface area contributed by atoms with Gasteiger partial charge in [-0.2, -0.15) is 9.61 Å². The molecule has 30 heavy (non-hydrogen) atoms. The van der Waals surface area contributed by atoms with Crippen LogP contribution < -0.4 is 16.4 Å². The van der Waals surface area contributed by atoms with Crippen molar-refractivity contribution in [2.24, 2.45) is 10.7 Å². The molecule has 0 saturated carbocycles. The number of hydrogen-bond acceptors (Lipinski definition) is 6. The van der Waals surface area contributed by atoms with Gasteiger partial charge < -0.3 is 16.4 Å². The number of benzene rings is 1. The lowest BCUT2D eigenvalue weighted by Gasteiger charge is -2.19. The van der Waals surface area contributed by atoms with Gasteiger partial charge in [-0.3, -0.25) is 4.79 Å². The van der Waals surface area contributed by atoms with Crippen molar-refractivity contribution in [2.45, 2.75) is 26.2 Å². The summed E-state index contributed by atoms with van der Waals surface area (Å²) in [6.07, 6.45) is 6.09. The van der Waals surface area contributed by atoms with Crippen LogP contribution in [0.25, 0.3) is 5.65 Å². The molecule has 0 saturated heterocycles. The Hall–Kier alpha value is -3.94. The highest BCUT2D eigenvalue weighted by atomic mass is 16.1. The number of hydrogen-bond donors (Lipinski definition) is 3. The number of rotatable bonds is 6. The number of aromatic nitrogens is 3. The summed E-state index contributed by atoms with van der Waals surface area (Å²) in [6, 6.07) is 11.0. The van der Waals surface area contributed by atoms with Gasteiger partial charge in [-0.05, 0) is 35.4 Å². The number of anilines is 2. The second-order valence-electron chi connectivity index (χ2n) is 7.64. The van der Waals surface area contributed by atoms with Gasteiger partial charge in [0.2, 0.25) is 0 Å². The predicted octanol–water partition coefficient (Wildman–Crippen LogP) is 3.71. The summed E-state index contributed by atoms with van der Waals surface area (Å²) in [7, 11) is 0. The highest BCUT2D eigenvalue weighted by Crippen LogP contribution is 2.23. The lowest BCUT2D eigenvalue weighted by Crippen LogP contribution is -2.16. The fraction of sp³-hybridized carbons (Fsp3) is 0.182. The molecule has 2 heterocycles. The number of nitrogens with zero attached hydrogens (tertiary/aromatic N) is 4. The number of fused-ring (bicyclic) bond motifs is 1. The normalized spacial score (nSPS) is 12.0. The predicted molar refractivity (Wildman–Crippen MR) is 121 cm³/mol. The molecule has 0 unspecified atom stereocenters. The van der Waals surface area contributed by atoms with E-state index >= 15 is 0 Å². The minimum Gasteiger partial charge on any atom is -0.405 e. The van der Waals surface area contributed by atoms with Crippen LogP contribution >= 0.6 is 0 Å². The van der Waals surface area contributed by atoms with Crippen molar-refractivity contribution in [3.05, 3.63) is 78.4 Å². The maximum absolute atomic E-state index is 12.7. The molecular formula is C22H25N7O. The number of carbonyl (C=O) groups excluding carboxylic acids is 1. The van der Waals surface area contributed by atoms with Crippen LogP contribution in [0.15, 0.2) is 72.3 Å². The second-order valence-corrected chi connectivity index (χ2v) is 7.64. The van der Waals surface area contributed by atoms with E-state index in [1.807, 2.05) is 24.3 Å². The summed E-state index contributed by atoms with van der Waals surface area (Å²) in [6.45, 7) is 10.2. The summed E-state index contributed by atoms with van der Waals surface area (Å²) >= 11 is 0. The highest BCUT2D eigenvalue weighted by Gasteiger charge is 2.15. The monoisotopic (exact) mass is 403 g/mol. The van der Waals surface area contributed by atoms with E-state index in [9.17, 15) is 4.79 Å². The van der Waals surface area contributed by atoms with Gasteiger partial charge in [0.15, 0.2) is 5.65 Å². The third-order valence-electron chi connectivity index (χ3n) is 4.31. The first kappa shape index (κ1) is 20.8. The number of allylic oxidation sites excluding steroid dienone is 1. The third kappa shape index (κ3) is 4.91. The first-order valence-corrected chi connectivity index (χ1v) is 9.41. The van der Waals surface area contributed by atoms with Crippen LogP contribution in [0.4, 0.5) is 11.6 Å². The number of nitrogens with two attached hydrogens (primary N) is 1. The Balaban J connectivity index is 1.82. The number of aliphatic imine (C=N–C) groups is 1. The van der Waals surface area contributed by atoms with Crippen molar-refractivity contribution in [1.29, 1.82) is 0 Å². The van der Waals surface area contributed by atoms with Crippen LogP contribution in [0.3, 0.4) is 0 Å². The Morgan fingerprint density at radius 2 is 1.93 bits per heavy atom. The Bertz CT molecular complexity index is 1120. The van der Waals surface area contributed by atoms with Crippen LogP contribution in [-0.2, 0) is 5.41 Å². The molecule has 154 valence electrons. The largest absolute Gasteiger partial charge is 0.405 e. The van der Waals surface area contributed by atoms with Gasteiger partial charge in [-0.1, -0.05) is 39.5 Å². The van der Waals surface area contributed by atoms with Gasteiger partial charge in [-0.25, -0.2) is 9.98 Å². The van der Waals surface area contributed by atoms with E-state index in [1.54, 1.807) is 28.9 Å². The quantitative estimate of drug-likeness (QED) is 0.544. The van der Waals surface area contributed by atoms with Crippen LogP contribution in [0.1, 0.15) is 36.7 Å². The number of carbonyl (C=O) groups is 1. The molecule has 0 aliphatic carbocycles. The van der Waals surface area contributed by atoms with Crippen LogP contribution in [0, 0.1) is 0 Å². The Labute approximate surface area is 175 Å². The van der Waals surface area contributed by atoms with Crippen molar-refractivity contribution in [1.82, 2.24) is 14.6 Å². The average molecular weight is 403 g/mol. The summed E-state index contributed by atoms with van der Waals surface area (Å²) in [5, 5.41) is 10.1. The third-order valence-corrected chi connectivity index (χ3v) is 4.31. The molecule has 0 bridgehead atoms. The molecule has 0 atom stereocenters. The van der Waals surface area contributed by atoms with E-state index in [2.05, 4.69) is 53.1 Å². The minimum absolute atomic E-state index is 0.0228. The highest BCUT2D eigenvalue weighted by molar-refractivity contribution is 6.04. The zero-order valence-corrected chi connectivity index (χ0v) is 17.3. The van der Waals surface area contributed by atoms with Gasteiger partial charge in [-0.15, -0.1) is 0 Å². The minimum atomic E-state index is -0.247. The number of nitrogens with one attached hydrogen (secondary N) is 2. The van der Waals surface area contributed by atoms with E-state index in [0.717, 1.165) is 5.56 Å². The molecule has 2 aromatic heterocycles. The van der Waals surface area contributed by atoms with Crippen molar-refractivity contribution < 1.29 is 4.79 Å². The molecule has 3 aromatic rings. The lowest BCUT2D eigenvalue weighted by molar-refractivity contribution is 0.102. The van der Waals surface area contributed by atoms with E-state index in [1.165, 1.54) is 12.4 Å². The zero-order chi connectivity index (χ0) is 21.7. The topological polar surface area (TPSA) is 110 Å². The van der Waals surface area contributed by atoms with Gasteiger partial charge in [0.05, 0.1) is 6.20 Å². The van der Waals surface area contributed by atoms with Crippen molar-refractivity contribution >= 4 is 29.4 Å². The molecule has 0 spiro atoms. The molecule has 1 amide bonds. The van der Waals surface area contributed by atoms with Gasteiger partial charge in [0, 0.05) is 23.9 Å². The summed E-state index contributed by atoms with van der Waals surface area (Å²) in [5.41, 5.74) is 7.59. The van der Waals surface area contributed by atoms with Crippen molar-refractivity contribution in [3.63, 3.8) is 0 Å². The van der Waals surface area contributed by atoms with Gasteiger partial charge in [0.25, 0.3) is 5.91 Å². The van der Waals surface area contributed by atoms with Crippen molar-refractivity contribution in [3.8, 4) is 0 Å². The fourth-order valence-electron chi connectivity index (χ4n) is 2.74. The van der Waals surface area contributed by atoms with Crippen LogP contribution in [0.2, 0.25) is 0 Å². The molecule has 4 N–H and O–H groups in total. The maximum atomic E-state index is 12.7. The van der Waals surface area contributed by atoms with E-state index in [-0.39, 0.29) is 11.3 Å². The van der Waals surface area contributed by atoms with E-state index < -0.39 is 0 Å². The molecule has 8 nitrogen and oxygen atoms in total. The van der Waals surface area contributed by atoms with Gasteiger partial charge >= 0.3 is 0 Å². The van der Waals surface area contributed by atoms with Gasteiger partial charge in [0.1, 0.15) is 17.5 Å². The fourth-order valence-corrected chi connectivity index (χ4v) is 2.74. The Kier molecular flexibility index (Phi) is 5.96. The summed E-state index contributed by atoms with van der Waals surface area (Å²) < 4.78 is 1.59. The smallest absolute Gasteiger partial charge is 0.256 e. The summed E-state index contributed by atoms with van der Waals surface area (Å²) in [4.78, 5) is 21.3. The van der Waals surface area contributed by atoms with Crippen LogP contribution in [0.5, 0.6) is 0 Å². The van der Waals surface area contributed by atoms with E-state index in [4.69, 9.17) is 5.73 Å². The second kappa shape index (κ2) is 8.60. The SMILES string of the molecule is C=C(/N=C\C=C/N)Nc1cc(NC(=O)c2ccc(C(C)(C)C)cc2)nc2ccnn12. The first-order chi connectivity index (χ1) is 14.3. The number of amides is 1. The molecule has 3 rings (SSSR count).